The number of hydrogen-bond acceptors (Lipinski definition) is 6. The summed E-state index contributed by atoms with van der Waals surface area (Å²) in [5.41, 5.74) is -0.414. The van der Waals surface area contributed by atoms with Crippen LogP contribution in [0.4, 0.5) is 23.8 Å². The molecule has 0 bridgehead atoms. The molecular formula is C22H29Cl2F3N4O3S. The minimum absolute atomic E-state index is 0. The third-order valence-corrected chi connectivity index (χ3v) is 7.71. The van der Waals surface area contributed by atoms with E-state index < -0.39 is 17.8 Å². The van der Waals surface area contributed by atoms with E-state index in [1.54, 1.807) is 6.92 Å². The van der Waals surface area contributed by atoms with Crippen molar-refractivity contribution in [1.29, 1.82) is 0 Å². The van der Waals surface area contributed by atoms with E-state index in [0.29, 0.717) is 45.6 Å². The third-order valence-electron chi connectivity index (χ3n) is 6.71. The lowest BCUT2D eigenvalue weighted by Crippen LogP contribution is -2.58. The fourth-order valence-corrected chi connectivity index (χ4v) is 5.91. The van der Waals surface area contributed by atoms with Crippen LogP contribution in [-0.2, 0) is 6.18 Å². The van der Waals surface area contributed by atoms with Crippen molar-refractivity contribution in [3.8, 4) is 0 Å². The highest BCUT2D eigenvalue weighted by Crippen LogP contribution is 2.41. The summed E-state index contributed by atoms with van der Waals surface area (Å²) in [4.78, 5) is 33.9. The average Bonchev–Trinajstić information content (AvgIpc) is 3.21. The number of hydrogen-bond donors (Lipinski definition) is 1. The molecule has 0 radical (unpaired) electrons. The summed E-state index contributed by atoms with van der Waals surface area (Å²) in [6.45, 7) is 4.43. The van der Waals surface area contributed by atoms with Crippen LogP contribution >= 0.6 is 36.2 Å². The number of anilines is 1. The fourth-order valence-electron chi connectivity index (χ4n) is 4.86. The number of aromatic nitrogens is 1. The molecule has 0 aromatic carbocycles. The number of carboxylic acid groups (broad SMARTS) is 1. The van der Waals surface area contributed by atoms with Gasteiger partial charge in [0.1, 0.15) is 5.82 Å². The van der Waals surface area contributed by atoms with Crippen molar-refractivity contribution in [2.24, 2.45) is 5.92 Å². The Morgan fingerprint density at radius 1 is 1.17 bits per heavy atom. The number of amides is 1. The van der Waals surface area contributed by atoms with Crippen molar-refractivity contribution >= 4 is 64.1 Å². The molecule has 196 valence electrons. The molecule has 13 heteroatoms. The highest BCUT2D eigenvalue weighted by molar-refractivity contribution is 7.17. The minimum Gasteiger partial charge on any atom is -0.465 e. The number of likely N-dealkylation sites (N-methyl/N-ethyl adjacent to an activating group) is 1. The second kappa shape index (κ2) is 11.5. The van der Waals surface area contributed by atoms with Gasteiger partial charge in [0, 0.05) is 44.5 Å². The number of halogens is 5. The van der Waals surface area contributed by atoms with Gasteiger partial charge in [-0.05, 0) is 31.9 Å². The molecule has 35 heavy (non-hydrogen) atoms. The summed E-state index contributed by atoms with van der Waals surface area (Å²) in [5.74, 6) is 0.116. The predicted octanol–water partition coefficient (Wildman–Crippen LogP) is 5.26. The largest absolute Gasteiger partial charge is 0.465 e. The van der Waals surface area contributed by atoms with Crippen LogP contribution in [0.25, 0.3) is 10.2 Å². The molecule has 0 spiro atoms. The molecule has 2 aromatic heterocycles. The van der Waals surface area contributed by atoms with E-state index in [1.807, 2.05) is 11.9 Å². The number of Topliss-reactive ketones (excluding diaryl/α,β-unsaturated/α-hetero) is 1. The van der Waals surface area contributed by atoms with Crippen molar-refractivity contribution < 1.29 is 27.9 Å². The van der Waals surface area contributed by atoms with Crippen LogP contribution in [-0.4, -0.2) is 77.6 Å². The summed E-state index contributed by atoms with van der Waals surface area (Å²) in [7, 11) is 1.97. The molecule has 4 heterocycles. The van der Waals surface area contributed by atoms with E-state index in [-0.39, 0.29) is 70.6 Å². The van der Waals surface area contributed by atoms with E-state index >= 15 is 0 Å². The van der Waals surface area contributed by atoms with E-state index in [9.17, 15) is 27.9 Å². The highest BCUT2D eigenvalue weighted by Gasteiger charge is 2.38. The quantitative estimate of drug-likeness (QED) is 0.517. The van der Waals surface area contributed by atoms with Crippen molar-refractivity contribution in [2.45, 2.75) is 38.4 Å². The van der Waals surface area contributed by atoms with Crippen molar-refractivity contribution in [2.75, 3.05) is 44.7 Å². The Morgan fingerprint density at radius 2 is 1.83 bits per heavy atom. The number of nitrogens with zero attached hydrogens (tertiary/aromatic N) is 4. The number of carbonyl (C=O) groups is 2. The molecule has 4 rings (SSSR count). The highest BCUT2D eigenvalue weighted by atomic mass is 35.5. The minimum atomic E-state index is -4.56. The number of carbonyl (C=O) groups excluding carboxylic acids is 1. The van der Waals surface area contributed by atoms with Gasteiger partial charge in [0.25, 0.3) is 0 Å². The number of piperazine rings is 1. The lowest BCUT2D eigenvalue weighted by molar-refractivity contribution is -0.136. The maximum absolute atomic E-state index is 13.8. The van der Waals surface area contributed by atoms with Crippen molar-refractivity contribution in [3.63, 3.8) is 0 Å². The third kappa shape index (κ3) is 5.95. The van der Waals surface area contributed by atoms with E-state index in [0.717, 1.165) is 17.4 Å². The first-order valence-electron chi connectivity index (χ1n) is 11.1. The summed E-state index contributed by atoms with van der Waals surface area (Å²) < 4.78 is 41.5. The Balaban J connectivity index is 0.00000216. The number of pyridine rings is 1. The summed E-state index contributed by atoms with van der Waals surface area (Å²) in [6.07, 6.45) is -3.97. The SMILES string of the molecule is CCC(=O)c1csc2c(C(F)(F)F)cc(N3CCC(C4CN(C)CCN4C(=O)O)CC3)nc12.Cl.Cl. The molecule has 2 fully saturated rings. The molecule has 2 saturated heterocycles. The maximum atomic E-state index is 13.8. The number of piperidine rings is 1. The summed E-state index contributed by atoms with van der Waals surface area (Å²) in [6, 6.07) is 0.951. The first-order chi connectivity index (χ1) is 15.6. The van der Waals surface area contributed by atoms with E-state index in [2.05, 4.69) is 9.88 Å². The average molecular weight is 557 g/mol. The molecule has 1 amide bonds. The first-order valence-corrected chi connectivity index (χ1v) is 11.9. The van der Waals surface area contributed by atoms with E-state index in [1.165, 1.54) is 10.3 Å². The van der Waals surface area contributed by atoms with Gasteiger partial charge in [0.15, 0.2) is 5.78 Å². The van der Waals surface area contributed by atoms with Gasteiger partial charge < -0.3 is 19.8 Å². The Labute approximate surface area is 218 Å². The molecule has 1 atom stereocenters. The van der Waals surface area contributed by atoms with Crippen LogP contribution < -0.4 is 4.90 Å². The molecule has 2 aliphatic rings. The fraction of sp³-hybridized carbons (Fsp3) is 0.591. The molecule has 7 nitrogen and oxygen atoms in total. The topological polar surface area (TPSA) is 77.0 Å². The van der Waals surface area contributed by atoms with Gasteiger partial charge in [0.2, 0.25) is 0 Å². The van der Waals surface area contributed by atoms with Gasteiger partial charge in [-0.3, -0.25) is 4.79 Å². The van der Waals surface area contributed by atoms with Gasteiger partial charge in [0.05, 0.1) is 27.4 Å². The molecule has 1 unspecified atom stereocenters. The predicted molar refractivity (Wildman–Crippen MR) is 135 cm³/mol. The van der Waals surface area contributed by atoms with Crippen molar-refractivity contribution in [1.82, 2.24) is 14.8 Å². The lowest BCUT2D eigenvalue weighted by atomic mass is 9.87. The van der Waals surface area contributed by atoms with Gasteiger partial charge >= 0.3 is 12.3 Å². The smallest absolute Gasteiger partial charge is 0.417 e. The number of rotatable bonds is 4. The number of alkyl halides is 3. The van der Waals surface area contributed by atoms with Gasteiger partial charge in [-0.25, -0.2) is 9.78 Å². The van der Waals surface area contributed by atoms with Crippen LogP contribution in [0, 0.1) is 5.92 Å². The lowest BCUT2D eigenvalue weighted by Gasteiger charge is -2.45. The summed E-state index contributed by atoms with van der Waals surface area (Å²) in [5, 5.41) is 11.1. The van der Waals surface area contributed by atoms with Crippen LogP contribution in [0.5, 0.6) is 0 Å². The molecule has 2 aliphatic heterocycles. The zero-order valence-corrected chi connectivity index (χ0v) is 21.8. The Bertz CT molecular complexity index is 1060. The molecular weight excluding hydrogens is 528 g/mol. The normalized spacial score (nSPS) is 19.9. The zero-order valence-electron chi connectivity index (χ0n) is 19.4. The Morgan fingerprint density at radius 3 is 2.40 bits per heavy atom. The first kappa shape index (κ1) is 29.4. The van der Waals surface area contributed by atoms with Gasteiger partial charge in [-0.2, -0.15) is 13.2 Å². The molecule has 0 aliphatic carbocycles. The Hall–Kier alpha value is -1.82. The van der Waals surface area contributed by atoms with Crippen LogP contribution in [0.3, 0.4) is 0 Å². The van der Waals surface area contributed by atoms with Gasteiger partial charge in [-0.15, -0.1) is 36.2 Å². The van der Waals surface area contributed by atoms with Crippen molar-refractivity contribution in [3.05, 3.63) is 22.6 Å². The van der Waals surface area contributed by atoms with Gasteiger partial charge in [-0.1, -0.05) is 6.92 Å². The molecule has 0 saturated carbocycles. The number of ketones is 1. The van der Waals surface area contributed by atoms with Crippen LogP contribution in [0.15, 0.2) is 11.4 Å². The number of thiophene rings is 1. The summed E-state index contributed by atoms with van der Waals surface area (Å²) >= 11 is 0.901. The standard InChI is InChI=1S/C22H27F3N4O3S.2ClH/c1-3-17(30)14-12-33-20-15(22(23,24)25)10-18(26-19(14)20)28-6-4-13(5-7-28)16-11-27(2)8-9-29(16)21(31)32;;/h10,12-13,16H,3-9,11H2,1-2H3,(H,31,32);2*1H. The maximum Gasteiger partial charge on any atom is 0.417 e. The van der Waals surface area contributed by atoms with E-state index in [4.69, 9.17) is 0 Å². The Kier molecular flexibility index (Phi) is 9.66. The van der Waals surface area contributed by atoms with Crippen LogP contribution in [0.1, 0.15) is 42.1 Å². The molecule has 2 aromatic rings. The molecule has 1 N–H and O–H groups in total. The second-order valence-electron chi connectivity index (χ2n) is 8.76. The van der Waals surface area contributed by atoms with Crippen LogP contribution in [0.2, 0.25) is 0 Å². The number of fused-ring (bicyclic) bond motifs is 1. The zero-order chi connectivity index (χ0) is 23.9. The monoisotopic (exact) mass is 556 g/mol. The second-order valence-corrected chi connectivity index (χ2v) is 9.64.